The van der Waals surface area contributed by atoms with E-state index in [1.54, 1.807) is 12.1 Å². The lowest BCUT2D eigenvalue weighted by molar-refractivity contribution is -0.218. The number of hydrogen-bond acceptors (Lipinski definition) is 9. The Bertz CT molecular complexity index is 995. The van der Waals surface area contributed by atoms with Crippen molar-refractivity contribution >= 4 is 17.3 Å². The van der Waals surface area contributed by atoms with Gasteiger partial charge in [-0.05, 0) is 32.4 Å². The summed E-state index contributed by atoms with van der Waals surface area (Å²) in [5.41, 5.74) is 5.50. The van der Waals surface area contributed by atoms with Crippen molar-refractivity contribution in [2.24, 2.45) is 0 Å². The molecule has 0 aromatic carbocycles. The Labute approximate surface area is 193 Å². The predicted molar refractivity (Wildman–Crippen MR) is 120 cm³/mol. The van der Waals surface area contributed by atoms with Gasteiger partial charge in [-0.25, -0.2) is 9.50 Å². The van der Waals surface area contributed by atoms with Gasteiger partial charge in [-0.3, -0.25) is 4.79 Å². The fourth-order valence-corrected chi connectivity index (χ4v) is 4.10. The van der Waals surface area contributed by atoms with E-state index < -0.39 is 23.6 Å². The Balaban J connectivity index is 1.75. The van der Waals surface area contributed by atoms with Gasteiger partial charge in [0.1, 0.15) is 30.6 Å². The number of esters is 1. The lowest BCUT2D eigenvalue weighted by Gasteiger charge is -2.26. The summed E-state index contributed by atoms with van der Waals surface area (Å²) < 4.78 is 18.9. The standard InChI is InChI=1S/C23H33N5O5/c1-4-5-6-7-8-9-20(29)31-13-18-17(32-22(2,3)30)12-23(14-24,33-18)19-11-10-16-21(25)26-15-27-28(16)19/h10-11,15,17-18,30H,4-9,12-13H2,1-3H3,(H2,25,26,27)/t17-,18+,23-/m0/s1. The van der Waals surface area contributed by atoms with Crippen molar-refractivity contribution in [2.45, 2.75) is 89.3 Å². The summed E-state index contributed by atoms with van der Waals surface area (Å²) in [5.74, 6) is -1.51. The van der Waals surface area contributed by atoms with E-state index in [4.69, 9.17) is 19.9 Å². The number of fused-ring (bicyclic) bond motifs is 1. The zero-order chi connectivity index (χ0) is 24.1. The van der Waals surface area contributed by atoms with Crippen LogP contribution in [0.4, 0.5) is 5.82 Å². The molecule has 180 valence electrons. The third kappa shape index (κ3) is 5.99. The molecule has 10 nitrogen and oxygen atoms in total. The number of nitrogen functional groups attached to an aromatic ring is 1. The fourth-order valence-electron chi connectivity index (χ4n) is 4.10. The molecule has 3 atom stereocenters. The van der Waals surface area contributed by atoms with Crippen LogP contribution >= 0.6 is 0 Å². The zero-order valence-electron chi connectivity index (χ0n) is 19.5. The average Bonchev–Trinajstić information content (AvgIpc) is 3.34. The van der Waals surface area contributed by atoms with Gasteiger partial charge >= 0.3 is 5.97 Å². The van der Waals surface area contributed by atoms with Gasteiger partial charge in [0, 0.05) is 12.8 Å². The maximum atomic E-state index is 12.2. The minimum atomic E-state index is -1.46. The van der Waals surface area contributed by atoms with Crippen LogP contribution in [0.2, 0.25) is 0 Å². The van der Waals surface area contributed by atoms with Gasteiger partial charge < -0.3 is 25.1 Å². The van der Waals surface area contributed by atoms with Crippen molar-refractivity contribution in [1.29, 1.82) is 5.26 Å². The first-order chi connectivity index (χ1) is 15.7. The number of hydrogen-bond donors (Lipinski definition) is 2. The Morgan fingerprint density at radius 3 is 2.85 bits per heavy atom. The summed E-state index contributed by atoms with van der Waals surface area (Å²) in [6.45, 7) is 5.05. The predicted octanol–water partition coefficient (Wildman–Crippen LogP) is 2.84. The molecule has 0 spiro atoms. The number of carbonyl (C=O) groups excluding carboxylic acids is 1. The van der Waals surface area contributed by atoms with Crippen LogP contribution in [0, 0.1) is 11.3 Å². The maximum Gasteiger partial charge on any atom is 0.305 e. The van der Waals surface area contributed by atoms with Crippen LogP contribution in [0.5, 0.6) is 0 Å². The normalized spacial score (nSPS) is 23.0. The van der Waals surface area contributed by atoms with E-state index in [-0.39, 0.29) is 24.8 Å². The monoisotopic (exact) mass is 459 g/mol. The fraction of sp³-hybridized carbons (Fsp3) is 0.652. The first-order valence-electron chi connectivity index (χ1n) is 11.4. The van der Waals surface area contributed by atoms with E-state index in [1.165, 1.54) is 24.7 Å². The Hall–Kier alpha value is -2.74. The van der Waals surface area contributed by atoms with E-state index >= 15 is 0 Å². The Morgan fingerprint density at radius 1 is 1.39 bits per heavy atom. The second kappa shape index (κ2) is 10.5. The molecule has 1 fully saturated rings. The molecule has 0 saturated carbocycles. The molecule has 3 N–H and O–H groups in total. The minimum Gasteiger partial charge on any atom is -0.463 e. The Morgan fingerprint density at radius 2 is 2.15 bits per heavy atom. The van der Waals surface area contributed by atoms with Crippen molar-refractivity contribution in [3.8, 4) is 6.07 Å². The van der Waals surface area contributed by atoms with E-state index in [1.807, 2.05) is 0 Å². The molecule has 3 rings (SSSR count). The van der Waals surface area contributed by atoms with Gasteiger partial charge in [-0.2, -0.15) is 10.4 Å². The molecule has 0 aliphatic carbocycles. The highest BCUT2D eigenvalue weighted by atomic mass is 16.7. The summed E-state index contributed by atoms with van der Waals surface area (Å²) in [5, 5.41) is 24.6. The smallest absolute Gasteiger partial charge is 0.305 e. The zero-order valence-corrected chi connectivity index (χ0v) is 19.5. The van der Waals surface area contributed by atoms with Gasteiger partial charge in [0.2, 0.25) is 0 Å². The van der Waals surface area contributed by atoms with Crippen molar-refractivity contribution in [3.63, 3.8) is 0 Å². The highest BCUT2D eigenvalue weighted by Crippen LogP contribution is 2.42. The lowest BCUT2D eigenvalue weighted by Crippen LogP contribution is -2.37. The largest absolute Gasteiger partial charge is 0.463 e. The second-order valence-electron chi connectivity index (χ2n) is 8.91. The lowest BCUT2D eigenvalue weighted by atomic mass is 9.96. The minimum absolute atomic E-state index is 0.0849. The molecule has 0 radical (unpaired) electrons. The first kappa shape index (κ1) is 24.9. The van der Waals surface area contributed by atoms with Crippen LogP contribution in [0.15, 0.2) is 18.5 Å². The van der Waals surface area contributed by atoms with Crippen LogP contribution in [0.25, 0.3) is 5.52 Å². The van der Waals surface area contributed by atoms with Crippen LogP contribution < -0.4 is 5.73 Å². The number of aliphatic hydroxyl groups is 1. The van der Waals surface area contributed by atoms with Crippen LogP contribution in [0.1, 0.15) is 71.4 Å². The summed E-state index contributed by atoms with van der Waals surface area (Å²) in [4.78, 5) is 16.2. The molecule has 10 heteroatoms. The van der Waals surface area contributed by atoms with E-state index in [9.17, 15) is 15.2 Å². The average molecular weight is 460 g/mol. The number of unbranched alkanes of at least 4 members (excludes halogenated alkanes) is 4. The van der Waals surface area contributed by atoms with Gasteiger partial charge in [0.25, 0.3) is 0 Å². The summed E-state index contributed by atoms with van der Waals surface area (Å²) in [7, 11) is 0. The van der Waals surface area contributed by atoms with E-state index in [0.717, 1.165) is 32.1 Å². The Kier molecular flexibility index (Phi) is 7.89. The SMILES string of the molecule is CCCCCCCC(=O)OC[C@H]1O[C@@](C#N)(c2ccc3c(N)ncnn23)C[C@@H]1OC(C)(C)O. The topological polar surface area (TPSA) is 145 Å². The highest BCUT2D eigenvalue weighted by Gasteiger charge is 2.52. The van der Waals surface area contributed by atoms with Crippen LogP contribution in [-0.4, -0.2) is 50.3 Å². The molecular formula is C23H33N5O5. The molecule has 33 heavy (non-hydrogen) atoms. The summed E-state index contributed by atoms with van der Waals surface area (Å²) in [6, 6.07) is 5.65. The summed E-state index contributed by atoms with van der Waals surface area (Å²) in [6.07, 6.45) is 5.46. The molecule has 1 aliphatic heterocycles. The van der Waals surface area contributed by atoms with E-state index in [0.29, 0.717) is 17.6 Å². The number of ether oxygens (including phenoxy) is 3. The van der Waals surface area contributed by atoms with Crippen molar-refractivity contribution in [3.05, 3.63) is 24.2 Å². The number of aromatic nitrogens is 3. The number of nitriles is 1. The van der Waals surface area contributed by atoms with Crippen LogP contribution in [0.3, 0.4) is 0 Å². The first-order valence-corrected chi connectivity index (χ1v) is 11.4. The molecule has 3 heterocycles. The van der Waals surface area contributed by atoms with Gasteiger partial charge in [0.05, 0.1) is 11.8 Å². The highest BCUT2D eigenvalue weighted by molar-refractivity contribution is 5.69. The third-order valence-electron chi connectivity index (χ3n) is 5.66. The number of carbonyl (C=O) groups is 1. The molecule has 0 unspecified atom stereocenters. The quantitative estimate of drug-likeness (QED) is 0.294. The maximum absolute atomic E-state index is 12.2. The number of nitrogens with zero attached hydrogens (tertiary/aromatic N) is 4. The summed E-state index contributed by atoms with van der Waals surface area (Å²) >= 11 is 0. The number of anilines is 1. The molecule has 2 aromatic rings. The van der Waals surface area contributed by atoms with Crippen LogP contribution in [-0.2, 0) is 24.6 Å². The molecule has 1 aliphatic rings. The van der Waals surface area contributed by atoms with Crippen molar-refractivity contribution < 1.29 is 24.1 Å². The van der Waals surface area contributed by atoms with E-state index in [2.05, 4.69) is 23.1 Å². The molecular weight excluding hydrogens is 426 g/mol. The molecule has 0 bridgehead atoms. The number of rotatable bonds is 11. The second-order valence-corrected chi connectivity index (χ2v) is 8.91. The molecule has 2 aromatic heterocycles. The van der Waals surface area contributed by atoms with Gasteiger partial charge in [-0.1, -0.05) is 32.6 Å². The van der Waals surface area contributed by atoms with Gasteiger partial charge in [-0.15, -0.1) is 0 Å². The molecule has 1 saturated heterocycles. The van der Waals surface area contributed by atoms with Crippen molar-refractivity contribution in [2.75, 3.05) is 12.3 Å². The third-order valence-corrected chi connectivity index (χ3v) is 5.66. The van der Waals surface area contributed by atoms with Gasteiger partial charge in [0.15, 0.2) is 17.2 Å². The van der Waals surface area contributed by atoms with Crippen molar-refractivity contribution in [1.82, 2.24) is 14.6 Å². The molecule has 0 amide bonds. The number of nitrogens with two attached hydrogens (primary N) is 1.